The van der Waals surface area contributed by atoms with Gasteiger partial charge in [0, 0.05) is 27.9 Å². The van der Waals surface area contributed by atoms with Gasteiger partial charge in [0.25, 0.3) is 0 Å². The van der Waals surface area contributed by atoms with Crippen LogP contribution in [0.3, 0.4) is 0 Å². The zero-order chi connectivity index (χ0) is 37.6. The third-order valence-electron chi connectivity index (χ3n) is 12.8. The number of benzene rings is 5. The summed E-state index contributed by atoms with van der Waals surface area (Å²) >= 11 is 0. The van der Waals surface area contributed by atoms with E-state index in [0.29, 0.717) is 18.4 Å². The van der Waals surface area contributed by atoms with Crippen LogP contribution in [0.5, 0.6) is 0 Å². The standard InChI is InChI=1S/C50H46N2O2/c1-5-49(6-2)44-15-11-9-13-39(44)41-27-25-37(30-46(41)49)52(38-26-28-42-40-14-10-12-16-45(40)50(7-3,8-4)47(42)31-38)36-23-20-33(21-24-36)17-18-34-19-22-35(29-34)43(32-51)48(53)54/h9-18,20-21,23-31H,5-8,19,22H2,1-4H3,(H,53,54). The third kappa shape index (κ3) is 5.37. The molecule has 0 atom stereocenters. The molecule has 5 aromatic rings. The lowest BCUT2D eigenvalue weighted by molar-refractivity contribution is -0.132. The molecule has 4 heteroatoms. The average Bonchev–Trinajstić information content (AvgIpc) is 3.87. The van der Waals surface area contributed by atoms with E-state index < -0.39 is 5.97 Å². The second-order valence-corrected chi connectivity index (χ2v) is 14.9. The molecule has 0 spiro atoms. The van der Waals surface area contributed by atoms with E-state index in [4.69, 9.17) is 0 Å². The highest BCUT2D eigenvalue weighted by atomic mass is 16.4. The van der Waals surface area contributed by atoms with Gasteiger partial charge in [-0.2, -0.15) is 5.26 Å². The Balaban J connectivity index is 1.24. The van der Waals surface area contributed by atoms with Crippen molar-refractivity contribution in [3.63, 3.8) is 0 Å². The number of nitriles is 1. The summed E-state index contributed by atoms with van der Waals surface area (Å²) in [5, 5.41) is 18.7. The summed E-state index contributed by atoms with van der Waals surface area (Å²) in [6, 6.07) is 42.6. The van der Waals surface area contributed by atoms with E-state index >= 15 is 0 Å². The van der Waals surface area contributed by atoms with Crippen molar-refractivity contribution in [2.75, 3.05) is 4.90 Å². The molecule has 0 aromatic heterocycles. The predicted octanol–water partition coefficient (Wildman–Crippen LogP) is 13.0. The molecule has 0 bridgehead atoms. The summed E-state index contributed by atoms with van der Waals surface area (Å²) in [5.74, 6) is -1.17. The number of anilines is 3. The number of rotatable bonds is 10. The van der Waals surface area contributed by atoms with Crippen molar-refractivity contribution in [1.82, 2.24) is 0 Å². The van der Waals surface area contributed by atoms with Crippen molar-refractivity contribution in [2.24, 2.45) is 0 Å². The van der Waals surface area contributed by atoms with Gasteiger partial charge in [-0.05, 0) is 136 Å². The van der Waals surface area contributed by atoms with Crippen LogP contribution in [0.4, 0.5) is 17.1 Å². The summed E-state index contributed by atoms with van der Waals surface area (Å²) in [4.78, 5) is 13.9. The van der Waals surface area contributed by atoms with Crippen LogP contribution in [0.1, 0.15) is 94.0 Å². The summed E-state index contributed by atoms with van der Waals surface area (Å²) in [6.45, 7) is 9.30. The molecular weight excluding hydrogens is 661 g/mol. The van der Waals surface area contributed by atoms with E-state index in [-0.39, 0.29) is 16.4 Å². The second kappa shape index (κ2) is 13.8. The highest BCUT2D eigenvalue weighted by molar-refractivity contribution is 5.93. The maximum Gasteiger partial charge on any atom is 0.346 e. The van der Waals surface area contributed by atoms with Gasteiger partial charge >= 0.3 is 5.97 Å². The molecule has 0 amide bonds. The molecule has 5 aromatic carbocycles. The lowest BCUT2D eigenvalue weighted by Crippen LogP contribution is -2.24. The fourth-order valence-electron chi connectivity index (χ4n) is 9.81. The number of hydrogen-bond donors (Lipinski definition) is 1. The molecule has 0 heterocycles. The Kier molecular flexibility index (Phi) is 8.98. The maximum absolute atomic E-state index is 11.5. The molecule has 0 saturated heterocycles. The third-order valence-corrected chi connectivity index (χ3v) is 12.8. The van der Waals surface area contributed by atoms with Crippen molar-refractivity contribution in [2.45, 2.75) is 77.0 Å². The zero-order valence-electron chi connectivity index (χ0n) is 31.6. The van der Waals surface area contributed by atoms with E-state index in [1.54, 1.807) is 0 Å². The Labute approximate surface area is 319 Å². The highest BCUT2D eigenvalue weighted by Gasteiger charge is 2.42. The van der Waals surface area contributed by atoms with Crippen LogP contribution in [0.2, 0.25) is 0 Å². The van der Waals surface area contributed by atoms with Gasteiger partial charge in [-0.15, -0.1) is 0 Å². The van der Waals surface area contributed by atoms with E-state index in [1.807, 2.05) is 18.2 Å². The van der Waals surface area contributed by atoms with Gasteiger partial charge in [-0.3, -0.25) is 0 Å². The van der Waals surface area contributed by atoms with Crippen molar-refractivity contribution < 1.29 is 9.90 Å². The van der Waals surface area contributed by atoms with Gasteiger partial charge < -0.3 is 10.0 Å². The molecule has 0 aliphatic heterocycles. The minimum absolute atomic E-state index is 0.0378. The molecule has 0 fully saturated rings. The molecule has 3 aliphatic rings. The van der Waals surface area contributed by atoms with Gasteiger partial charge in [0.05, 0.1) is 0 Å². The van der Waals surface area contributed by atoms with Gasteiger partial charge in [-0.25, -0.2) is 4.79 Å². The van der Waals surface area contributed by atoms with E-state index in [1.165, 1.54) is 44.5 Å². The van der Waals surface area contributed by atoms with Crippen LogP contribution >= 0.6 is 0 Å². The summed E-state index contributed by atoms with van der Waals surface area (Å²) in [6.07, 6.45) is 11.4. The Morgan fingerprint density at radius 2 is 1.13 bits per heavy atom. The van der Waals surface area contributed by atoms with Crippen molar-refractivity contribution in [3.8, 4) is 28.3 Å². The maximum atomic E-state index is 11.5. The SMILES string of the molecule is CCC1(CC)c2ccccc2-c2ccc(N(c3ccc(C=CC4=CC(=C(C#N)C(=O)O)CC4)cc3)c3ccc4c(c3)C(CC)(CC)c3ccccc3-4)cc21. The number of carboxylic acid groups (broad SMARTS) is 1. The molecule has 1 N–H and O–H groups in total. The number of carboxylic acids is 1. The molecule has 0 radical (unpaired) electrons. The first-order chi connectivity index (χ1) is 26.3. The van der Waals surface area contributed by atoms with Crippen LogP contribution < -0.4 is 4.90 Å². The van der Waals surface area contributed by atoms with Crippen LogP contribution in [-0.2, 0) is 15.6 Å². The Morgan fingerprint density at radius 1 is 0.648 bits per heavy atom. The van der Waals surface area contributed by atoms with Crippen LogP contribution in [0.15, 0.2) is 138 Å². The Hall–Kier alpha value is -5.92. The Morgan fingerprint density at radius 3 is 1.61 bits per heavy atom. The molecular formula is C50H46N2O2. The van der Waals surface area contributed by atoms with Crippen molar-refractivity contribution in [1.29, 1.82) is 5.26 Å². The van der Waals surface area contributed by atoms with E-state index in [0.717, 1.165) is 53.9 Å². The minimum Gasteiger partial charge on any atom is -0.477 e. The number of hydrogen-bond acceptors (Lipinski definition) is 3. The monoisotopic (exact) mass is 706 g/mol. The molecule has 3 aliphatic carbocycles. The number of allylic oxidation sites excluding steroid dienone is 4. The normalized spacial score (nSPS) is 16.6. The molecule has 268 valence electrons. The second-order valence-electron chi connectivity index (χ2n) is 14.9. The molecule has 0 saturated carbocycles. The summed E-state index contributed by atoms with van der Waals surface area (Å²) < 4.78 is 0. The summed E-state index contributed by atoms with van der Waals surface area (Å²) in [7, 11) is 0. The average molecular weight is 707 g/mol. The number of carbonyl (C=O) groups is 1. The first kappa shape index (κ1) is 35.1. The lowest BCUT2D eigenvalue weighted by atomic mass is 9.73. The number of nitrogens with zero attached hydrogens (tertiary/aromatic N) is 2. The minimum atomic E-state index is -1.17. The van der Waals surface area contributed by atoms with Crippen LogP contribution in [0.25, 0.3) is 28.3 Å². The van der Waals surface area contributed by atoms with Crippen LogP contribution in [0, 0.1) is 11.3 Å². The molecule has 4 nitrogen and oxygen atoms in total. The largest absolute Gasteiger partial charge is 0.477 e. The van der Waals surface area contributed by atoms with E-state index in [2.05, 4.69) is 148 Å². The lowest BCUT2D eigenvalue weighted by Gasteiger charge is -2.33. The van der Waals surface area contributed by atoms with Gasteiger partial charge in [-0.1, -0.05) is 119 Å². The number of fused-ring (bicyclic) bond motifs is 6. The fraction of sp³-hybridized carbons (Fsp3) is 0.240. The van der Waals surface area contributed by atoms with Crippen LogP contribution in [-0.4, -0.2) is 11.1 Å². The van der Waals surface area contributed by atoms with Crippen molar-refractivity contribution in [3.05, 3.63) is 166 Å². The fourth-order valence-corrected chi connectivity index (χ4v) is 9.81. The number of aliphatic carboxylic acids is 1. The van der Waals surface area contributed by atoms with Gasteiger partial charge in [0.2, 0.25) is 0 Å². The highest BCUT2D eigenvalue weighted by Crippen LogP contribution is 2.56. The zero-order valence-corrected chi connectivity index (χ0v) is 31.6. The first-order valence-electron chi connectivity index (χ1n) is 19.5. The topological polar surface area (TPSA) is 64.3 Å². The molecule has 8 rings (SSSR count). The first-order valence-corrected chi connectivity index (χ1v) is 19.5. The molecule has 54 heavy (non-hydrogen) atoms. The predicted molar refractivity (Wildman–Crippen MR) is 221 cm³/mol. The van der Waals surface area contributed by atoms with Crippen molar-refractivity contribution >= 4 is 29.1 Å². The quantitative estimate of drug-likeness (QED) is 0.116. The molecule has 0 unspecified atom stereocenters. The van der Waals surface area contributed by atoms with E-state index in [9.17, 15) is 15.2 Å². The Bertz CT molecular complexity index is 2320. The summed E-state index contributed by atoms with van der Waals surface area (Å²) in [5.41, 5.74) is 16.8. The smallest absolute Gasteiger partial charge is 0.346 e. The van der Waals surface area contributed by atoms with Gasteiger partial charge in [0.1, 0.15) is 11.6 Å². The van der Waals surface area contributed by atoms with Gasteiger partial charge in [0.15, 0.2) is 0 Å².